The van der Waals surface area contributed by atoms with Crippen molar-refractivity contribution < 1.29 is 37.1 Å². The summed E-state index contributed by atoms with van der Waals surface area (Å²) in [6.45, 7) is 6.48. The standard InChI is InChI=1S/C33H46N2O8S/c1-23(17-27(36)21-35-13-15-42-16-14-35)32(39)34-29(19-25-9-11-28(12-10-25)44(3,40)41)30(37)20-26(31(38)33(2)22-43-33)18-24-7-5-4-6-8-24/h7,9-12,23,26,29H,4-6,8,13-22H2,1-3H3,(H,34,39)/t23-,26-,29+,33-/m1/s1. The first-order valence-electron chi connectivity index (χ1n) is 15.6. The fourth-order valence-corrected chi connectivity index (χ4v) is 6.54. The number of morpholine rings is 1. The number of carbonyl (C=O) groups is 4. The Hall–Kier alpha value is -2.73. The fraction of sp³-hybridized carbons (Fsp3) is 0.636. The van der Waals surface area contributed by atoms with Crippen molar-refractivity contribution in [3.8, 4) is 0 Å². The van der Waals surface area contributed by atoms with E-state index in [9.17, 15) is 27.6 Å². The van der Waals surface area contributed by atoms with Crippen molar-refractivity contribution in [2.75, 3.05) is 45.7 Å². The lowest BCUT2D eigenvalue weighted by molar-refractivity contribution is -0.134. The van der Waals surface area contributed by atoms with E-state index in [1.165, 1.54) is 17.7 Å². The Bertz CT molecular complexity index is 1340. The molecule has 4 rings (SSSR count). The highest BCUT2D eigenvalue weighted by Crippen LogP contribution is 2.35. The second kappa shape index (κ2) is 15.0. The van der Waals surface area contributed by atoms with Crippen LogP contribution < -0.4 is 5.32 Å². The Morgan fingerprint density at radius 3 is 2.30 bits per heavy atom. The predicted molar refractivity (Wildman–Crippen MR) is 165 cm³/mol. The smallest absolute Gasteiger partial charge is 0.223 e. The minimum atomic E-state index is -3.40. The molecule has 11 heteroatoms. The maximum Gasteiger partial charge on any atom is 0.223 e. The lowest BCUT2D eigenvalue weighted by atomic mass is 9.81. The number of ketones is 3. The maximum absolute atomic E-state index is 13.9. The number of allylic oxidation sites excluding steroid dienone is 2. The maximum atomic E-state index is 13.9. The van der Waals surface area contributed by atoms with Crippen molar-refractivity contribution in [3.05, 3.63) is 41.5 Å². The molecule has 0 radical (unpaired) electrons. The van der Waals surface area contributed by atoms with E-state index in [1.54, 1.807) is 26.0 Å². The third-order valence-corrected chi connectivity index (χ3v) is 9.92. The van der Waals surface area contributed by atoms with E-state index < -0.39 is 39.2 Å². The molecular weight excluding hydrogens is 584 g/mol. The van der Waals surface area contributed by atoms with Gasteiger partial charge in [-0.15, -0.1) is 0 Å². The largest absolute Gasteiger partial charge is 0.379 e. The van der Waals surface area contributed by atoms with Gasteiger partial charge in [0, 0.05) is 44.0 Å². The van der Waals surface area contributed by atoms with Gasteiger partial charge in [0.25, 0.3) is 0 Å². The van der Waals surface area contributed by atoms with Crippen LogP contribution in [0.5, 0.6) is 0 Å². The molecule has 3 aliphatic rings. The Balaban J connectivity index is 1.48. The van der Waals surface area contributed by atoms with E-state index in [1.807, 2.05) is 4.90 Å². The third-order valence-electron chi connectivity index (χ3n) is 8.79. The minimum Gasteiger partial charge on any atom is -0.379 e. The van der Waals surface area contributed by atoms with Crippen LogP contribution in [-0.2, 0) is 44.9 Å². The summed E-state index contributed by atoms with van der Waals surface area (Å²) < 4.78 is 34.7. The molecule has 2 heterocycles. The van der Waals surface area contributed by atoms with Gasteiger partial charge in [-0.25, -0.2) is 8.42 Å². The highest BCUT2D eigenvalue weighted by atomic mass is 32.2. The van der Waals surface area contributed by atoms with Gasteiger partial charge < -0.3 is 14.8 Å². The Labute approximate surface area is 260 Å². The molecule has 0 bridgehead atoms. The molecule has 44 heavy (non-hydrogen) atoms. The SMILES string of the molecule is C[C@H](CC(=O)CN1CCOCC1)C(=O)N[C@@H](Cc1ccc(S(C)(=O)=O)cc1)C(=O)C[C@@H](CC1=CCCCC1)C(=O)[C@@]1(C)CO1. The van der Waals surface area contributed by atoms with Crippen LogP contribution >= 0.6 is 0 Å². The summed E-state index contributed by atoms with van der Waals surface area (Å²) in [5.74, 6) is -2.08. The van der Waals surface area contributed by atoms with Crippen molar-refractivity contribution >= 4 is 33.1 Å². The highest BCUT2D eigenvalue weighted by molar-refractivity contribution is 7.90. The van der Waals surface area contributed by atoms with Crippen LogP contribution in [0.25, 0.3) is 0 Å². The molecule has 0 spiro atoms. The summed E-state index contributed by atoms with van der Waals surface area (Å²) in [5.41, 5.74) is 0.967. The van der Waals surface area contributed by atoms with Gasteiger partial charge in [0.05, 0.1) is 37.3 Å². The molecule has 0 saturated carbocycles. The molecular formula is C33H46N2O8S. The second-order valence-corrected chi connectivity index (χ2v) is 14.8. The van der Waals surface area contributed by atoms with Crippen molar-refractivity contribution in [2.24, 2.45) is 11.8 Å². The molecule has 2 fully saturated rings. The average Bonchev–Trinajstić information content (AvgIpc) is 3.75. The summed E-state index contributed by atoms with van der Waals surface area (Å²) in [6.07, 6.45) is 7.92. The second-order valence-electron chi connectivity index (χ2n) is 12.8. The van der Waals surface area contributed by atoms with Crippen LogP contribution in [0.3, 0.4) is 0 Å². The lowest BCUT2D eigenvalue weighted by Crippen LogP contribution is -2.46. The number of carbonyl (C=O) groups excluding carboxylic acids is 4. The Kier molecular flexibility index (Phi) is 11.7. The number of Topliss-reactive ketones (excluding diaryl/α,β-unsaturated/α-hetero) is 3. The number of nitrogens with one attached hydrogen (secondary N) is 1. The van der Waals surface area contributed by atoms with Gasteiger partial charge in [-0.1, -0.05) is 30.7 Å². The number of hydrogen-bond donors (Lipinski definition) is 1. The minimum absolute atomic E-state index is 0.0398. The van der Waals surface area contributed by atoms with Crippen molar-refractivity contribution in [3.63, 3.8) is 0 Å². The normalized spacial score (nSPS) is 22.8. The van der Waals surface area contributed by atoms with E-state index in [-0.39, 0.29) is 48.1 Å². The van der Waals surface area contributed by atoms with E-state index in [0.717, 1.165) is 31.9 Å². The Morgan fingerprint density at radius 2 is 1.70 bits per heavy atom. The van der Waals surface area contributed by atoms with Crippen LogP contribution in [0.15, 0.2) is 40.8 Å². The lowest BCUT2D eigenvalue weighted by Gasteiger charge is -2.26. The first kappa shape index (κ1) is 34.1. The van der Waals surface area contributed by atoms with Crippen molar-refractivity contribution in [2.45, 2.75) is 81.8 Å². The molecule has 2 saturated heterocycles. The van der Waals surface area contributed by atoms with Gasteiger partial charge >= 0.3 is 0 Å². The van der Waals surface area contributed by atoms with Gasteiger partial charge in [-0.2, -0.15) is 0 Å². The van der Waals surface area contributed by atoms with Gasteiger partial charge in [-0.3, -0.25) is 24.1 Å². The molecule has 0 aromatic heterocycles. The van der Waals surface area contributed by atoms with Crippen LogP contribution in [0.4, 0.5) is 0 Å². The van der Waals surface area contributed by atoms with Gasteiger partial charge in [0.1, 0.15) is 11.4 Å². The summed E-state index contributed by atoms with van der Waals surface area (Å²) >= 11 is 0. The van der Waals surface area contributed by atoms with Crippen molar-refractivity contribution in [1.82, 2.24) is 10.2 Å². The molecule has 4 atom stereocenters. The zero-order chi connectivity index (χ0) is 31.9. The molecule has 2 aliphatic heterocycles. The summed E-state index contributed by atoms with van der Waals surface area (Å²) in [7, 11) is -3.40. The summed E-state index contributed by atoms with van der Waals surface area (Å²) in [4.78, 5) is 55.6. The molecule has 1 aromatic carbocycles. The number of benzene rings is 1. The summed E-state index contributed by atoms with van der Waals surface area (Å²) in [6, 6.07) is 5.27. The van der Waals surface area contributed by atoms with Gasteiger partial charge in [-0.05, 0) is 63.1 Å². The number of epoxide rings is 1. The molecule has 1 aromatic rings. The number of rotatable bonds is 16. The molecule has 242 valence electrons. The quantitative estimate of drug-likeness (QED) is 0.216. The van der Waals surface area contributed by atoms with Crippen LogP contribution in [0, 0.1) is 11.8 Å². The van der Waals surface area contributed by atoms with E-state index in [2.05, 4.69) is 11.4 Å². The molecule has 1 N–H and O–H groups in total. The molecule has 1 amide bonds. The van der Waals surface area contributed by atoms with Crippen LogP contribution in [0.1, 0.15) is 64.4 Å². The molecule has 1 aliphatic carbocycles. The summed E-state index contributed by atoms with van der Waals surface area (Å²) in [5, 5.41) is 2.87. The molecule has 0 unspecified atom stereocenters. The number of nitrogens with zero attached hydrogens (tertiary/aromatic N) is 1. The first-order valence-corrected chi connectivity index (χ1v) is 17.5. The van der Waals surface area contributed by atoms with Gasteiger partial charge in [0.2, 0.25) is 5.91 Å². The zero-order valence-electron chi connectivity index (χ0n) is 26.1. The predicted octanol–water partition coefficient (Wildman–Crippen LogP) is 2.87. The zero-order valence-corrected chi connectivity index (χ0v) is 27.0. The molecule has 10 nitrogen and oxygen atoms in total. The number of hydrogen-bond acceptors (Lipinski definition) is 9. The Morgan fingerprint density at radius 1 is 1.02 bits per heavy atom. The van der Waals surface area contributed by atoms with E-state index in [0.29, 0.717) is 44.9 Å². The highest BCUT2D eigenvalue weighted by Gasteiger charge is 2.50. The van der Waals surface area contributed by atoms with E-state index >= 15 is 0 Å². The number of ether oxygens (including phenoxy) is 2. The van der Waals surface area contributed by atoms with Gasteiger partial charge in [0.15, 0.2) is 21.4 Å². The van der Waals surface area contributed by atoms with Crippen molar-refractivity contribution in [1.29, 1.82) is 0 Å². The van der Waals surface area contributed by atoms with E-state index in [4.69, 9.17) is 9.47 Å². The number of sulfone groups is 1. The van der Waals surface area contributed by atoms with Crippen LogP contribution in [-0.4, -0.2) is 93.9 Å². The number of amides is 1. The first-order chi connectivity index (χ1) is 20.8. The topological polar surface area (TPSA) is 139 Å². The monoisotopic (exact) mass is 630 g/mol. The third kappa shape index (κ3) is 9.89. The fourth-order valence-electron chi connectivity index (χ4n) is 5.91. The average molecular weight is 631 g/mol. The van der Waals surface area contributed by atoms with Crippen LogP contribution in [0.2, 0.25) is 0 Å².